The van der Waals surface area contributed by atoms with Crippen LogP contribution < -0.4 is 5.73 Å². The van der Waals surface area contributed by atoms with Crippen molar-refractivity contribution < 1.29 is 10.3 Å². The molecule has 1 atom stereocenters. The molecular weight excluding hydrogens is 228 g/mol. The van der Waals surface area contributed by atoms with Crippen molar-refractivity contribution >= 4 is 17.5 Å². The Morgan fingerprint density at radius 3 is 2.88 bits per heavy atom. The van der Waals surface area contributed by atoms with Crippen LogP contribution in [-0.4, -0.2) is 29.9 Å². The Hall–Kier alpha value is -1.10. The summed E-state index contributed by atoms with van der Waals surface area (Å²) in [5.41, 5.74) is 7.51. The van der Waals surface area contributed by atoms with E-state index >= 15 is 0 Å². The van der Waals surface area contributed by atoms with Gasteiger partial charge in [0.1, 0.15) is 6.04 Å². The molecule has 5 heteroatoms. The molecule has 0 radical (unpaired) electrons. The maximum Gasteiger partial charge on any atom is 0.239 e. The third kappa shape index (κ3) is 2.19. The van der Waals surface area contributed by atoms with Gasteiger partial charge in [0.2, 0.25) is 5.91 Å². The Morgan fingerprint density at radius 2 is 2.25 bits per heavy atom. The van der Waals surface area contributed by atoms with Crippen molar-refractivity contribution in [3.63, 3.8) is 0 Å². The highest BCUT2D eigenvalue weighted by Crippen LogP contribution is 2.30. The number of benzene rings is 1. The molecular formula is C11H15ClN2O2. The van der Waals surface area contributed by atoms with E-state index in [4.69, 9.17) is 17.3 Å². The summed E-state index contributed by atoms with van der Waals surface area (Å²) in [5.74, 6) is -0.319. The number of carbonyl (C=O) groups is 1. The minimum Gasteiger partial charge on any atom is -0.412 e. The van der Waals surface area contributed by atoms with Gasteiger partial charge >= 0.3 is 0 Å². The molecule has 4 nitrogen and oxygen atoms in total. The van der Waals surface area contributed by atoms with Crippen LogP contribution >= 0.6 is 11.6 Å². The second-order valence-corrected chi connectivity index (χ2v) is 4.32. The van der Waals surface area contributed by atoms with Crippen molar-refractivity contribution in [2.45, 2.75) is 12.5 Å². The monoisotopic (exact) mass is 242 g/mol. The fraction of sp³-hybridized carbons (Fsp3) is 0.364. The predicted molar refractivity (Wildman–Crippen MR) is 63.3 cm³/mol. The predicted octanol–water partition coefficient (Wildman–Crippen LogP) is 0.530. The zero-order chi connectivity index (χ0) is 11.0. The van der Waals surface area contributed by atoms with Crippen molar-refractivity contribution in [2.75, 3.05) is 13.6 Å². The van der Waals surface area contributed by atoms with Gasteiger partial charge in [0.15, 0.2) is 0 Å². The maximum absolute atomic E-state index is 11.4. The average molecular weight is 243 g/mol. The Balaban J connectivity index is 0.00000128. The third-order valence-electron chi connectivity index (χ3n) is 2.85. The van der Waals surface area contributed by atoms with Crippen LogP contribution in [0.1, 0.15) is 17.2 Å². The normalized spacial score (nSPS) is 19.8. The van der Waals surface area contributed by atoms with Gasteiger partial charge in [-0.3, -0.25) is 9.69 Å². The van der Waals surface area contributed by atoms with Gasteiger partial charge in [-0.05, 0) is 36.7 Å². The number of carbonyl (C=O) groups excluding carboxylic acids is 1. The highest BCUT2D eigenvalue weighted by atomic mass is 35.5. The summed E-state index contributed by atoms with van der Waals surface area (Å²) in [6.45, 7) is 0.849. The topological polar surface area (TPSA) is 77.8 Å². The standard InChI is InChI=1S/C11H13ClN2O.H2O/c1-14-5-4-7-2-3-8(12)6-9(7)10(14)11(13)15;/h2-3,6,10H,4-5H2,1H3,(H2,13,15);1H2. The second kappa shape index (κ2) is 4.82. The van der Waals surface area contributed by atoms with Gasteiger partial charge in [-0.15, -0.1) is 0 Å². The van der Waals surface area contributed by atoms with E-state index in [2.05, 4.69) is 0 Å². The number of amides is 1. The van der Waals surface area contributed by atoms with Gasteiger partial charge in [-0.2, -0.15) is 0 Å². The lowest BCUT2D eigenvalue weighted by atomic mass is 9.93. The van der Waals surface area contributed by atoms with E-state index in [9.17, 15) is 4.79 Å². The second-order valence-electron chi connectivity index (χ2n) is 3.88. The van der Waals surface area contributed by atoms with Gasteiger partial charge in [-0.1, -0.05) is 17.7 Å². The van der Waals surface area contributed by atoms with Gasteiger partial charge in [-0.25, -0.2) is 0 Å². The summed E-state index contributed by atoms with van der Waals surface area (Å²) < 4.78 is 0. The summed E-state index contributed by atoms with van der Waals surface area (Å²) in [7, 11) is 1.90. The third-order valence-corrected chi connectivity index (χ3v) is 3.08. The molecule has 1 aliphatic heterocycles. The number of fused-ring (bicyclic) bond motifs is 1. The van der Waals surface area contributed by atoms with E-state index in [0.29, 0.717) is 5.02 Å². The number of rotatable bonds is 1. The van der Waals surface area contributed by atoms with E-state index in [1.807, 2.05) is 30.1 Å². The van der Waals surface area contributed by atoms with Crippen molar-refractivity contribution in [3.8, 4) is 0 Å². The van der Waals surface area contributed by atoms with Crippen molar-refractivity contribution in [1.82, 2.24) is 4.90 Å². The smallest absolute Gasteiger partial charge is 0.239 e. The Morgan fingerprint density at radius 1 is 1.56 bits per heavy atom. The molecule has 1 heterocycles. The minimum absolute atomic E-state index is 0. The van der Waals surface area contributed by atoms with Crippen molar-refractivity contribution in [1.29, 1.82) is 0 Å². The van der Waals surface area contributed by atoms with Crippen LogP contribution in [0, 0.1) is 0 Å². The number of nitrogens with two attached hydrogens (primary N) is 1. The van der Waals surface area contributed by atoms with Crippen LogP contribution in [0.4, 0.5) is 0 Å². The molecule has 0 aromatic heterocycles. The van der Waals surface area contributed by atoms with Gasteiger partial charge in [0, 0.05) is 11.6 Å². The Labute approximate surface area is 99.3 Å². The maximum atomic E-state index is 11.4. The number of likely N-dealkylation sites (N-methyl/N-ethyl adjacent to an activating group) is 1. The zero-order valence-electron chi connectivity index (χ0n) is 9.03. The summed E-state index contributed by atoms with van der Waals surface area (Å²) in [6.07, 6.45) is 0.937. The van der Waals surface area contributed by atoms with E-state index in [0.717, 1.165) is 18.5 Å². The first kappa shape index (κ1) is 13.0. The summed E-state index contributed by atoms with van der Waals surface area (Å²) in [4.78, 5) is 13.3. The zero-order valence-corrected chi connectivity index (χ0v) is 9.79. The first-order chi connectivity index (χ1) is 7.09. The molecule has 0 saturated heterocycles. The molecule has 16 heavy (non-hydrogen) atoms. The average Bonchev–Trinajstić information content (AvgIpc) is 2.16. The van der Waals surface area contributed by atoms with Crippen LogP contribution in [0.5, 0.6) is 0 Å². The van der Waals surface area contributed by atoms with Crippen LogP contribution in [0.15, 0.2) is 18.2 Å². The molecule has 0 aliphatic carbocycles. The van der Waals surface area contributed by atoms with Crippen LogP contribution in [0.25, 0.3) is 0 Å². The molecule has 4 N–H and O–H groups in total. The molecule has 1 unspecified atom stereocenters. The molecule has 0 spiro atoms. The first-order valence-corrected chi connectivity index (χ1v) is 5.25. The first-order valence-electron chi connectivity index (χ1n) is 4.87. The molecule has 0 saturated carbocycles. The molecule has 0 bridgehead atoms. The van der Waals surface area contributed by atoms with Crippen LogP contribution in [0.2, 0.25) is 5.02 Å². The van der Waals surface area contributed by atoms with E-state index < -0.39 is 0 Å². The SMILES string of the molecule is CN1CCc2ccc(Cl)cc2C1C(N)=O.O. The summed E-state index contributed by atoms with van der Waals surface area (Å²) in [5, 5.41) is 0.648. The molecule has 1 aliphatic rings. The van der Waals surface area contributed by atoms with Gasteiger partial charge < -0.3 is 11.2 Å². The number of hydrogen-bond donors (Lipinski definition) is 1. The molecule has 1 aromatic rings. The molecule has 2 rings (SSSR count). The lowest BCUT2D eigenvalue weighted by Gasteiger charge is -2.32. The molecule has 1 aromatic carbocycles. The Kier molecular flexibility index (Phi) is 3.91. The van der Waals surface area contributed by atoms with Crippen molar-refractivity contribution in [3.05, 3.63) is 34.3 Å². The van der Waals surface area contributed by atoms with E-state index in [1.165, 1.54) is 5.56 Å². The highest BCUT2D eigenvalue weighted by molar-refractivity contribution is 6.30. The number of hydrogen-bond acceptors (Lipinski definition) is 2. The largest absolute Gasteiger partial charge is 0.412 e. The molecule has 1 amide bonds. The fourth-order valence-electron chi connectivity index (χ4n) is 2.08. The quantitative estimate of drug-likeness (QED) is 0.780. The number of primary amides is 1. The molecule has 88 valence electrons. The Bertz CT molecular complexity index is 409. The lowest BCUT2D eigenvalue weighted by Crippen LogP contribution is -2.40. The summed E-state index contributed by atoms with van der Waals surface area (Å²) >= 11 is 5.92. The number of halogens is 1. The van der Waals surface area contributed by atoms with E-state index in [-0.39, 0.29) is 17.4 Å². The minimum atomic E-state index is -0.340. The lowest BCUT2D eigenvalue weighted by molar-refractivity contribution is -0.123. The van der Waals surface area contributed by atoms with Gasteiger partial charge in [0.25, 0.3) is 0 Å². The van der Waals surface area contributed by atoms with Gasteiger partial charge in [0.05, 0.1) is 0 Å². The van der Waals surface area contributed by atoms with Crippen LogP contribution in [-0.2, 0) is 11.2 Å². The molecule has 0 fully saturated rings. The fourth-order valence-corrected chi connectivity index (χ4v) is 2.26. The van der Waals surface area contributed by atoms with Crippen LogP contribution in [0.3, 0.4) is 0 Å². The summed E-state index contributed by atoms with van der Waals surface area (Å²) in [6, 6.07) is 5.32. The van der Waals surface area contributed by atoms with Crippen molar-refractivity contribution in [2.24, 2.45) is 5.73 Å². The highest BCUT2D eigenvalue weighted by Gasteiger charge is 2.28. The van der Waals surface area contributed by atoms with E-state index in [1.54, 1.807) is 0 Å². The number of nitrogens with zero attached hydrogens (tertiary/aromatic N) is 1.